The van der Waals surface area contributed by atoms with Crippen molar-refractivity contribution in [3.63, 3.8) is 0 Å². The average molecular weight is 408 g/mol. The van der Waals surface area contributed by atoms with E-state index in [1.165, 1.54) is 6.07 Å². The number of piperidine rings is 1. The molecule has 0 unspecified atom stereocenters. The molecule has 1 fully saturated rings. The number of nitro groups is 1. The number of nitrogens with one attached hydrogen (secondary N) is 1. The summed E-state index contributed by atoms with van der Waals surface area (Å²) in [6.45, 7) is 4.15. The number of pyridine rings is 1. The molecule has 156 valence electrons. The fraction of sp³-hybridized carbons (Fsp3) is 0.381. The number of carbonyl (C=O) groups excluding carboxylic acids is 1. The number of carbonyl (C=O) groups is 1. The van der Waals surface area contributed by atoms with Crippen LogP contribution in [0.3, 0.4) is 0 Å². The number of aryl methyl sites for hydroxylation is 2. The fourth-order valence-corrected chi connectivity index (χ4v) is 4.00. The highest BCUT2D eigenvalue weighted by Gasteiger charge is 2.24. The number of non-ortho nitro benzene ring substituents is 1. The van der Waals surface area contributed by atoms with Crippen molar-refractivity contribution in [1.82, 2.24) is 20.1 Å². The Kier molecular flexibility index (Phi) is 5.35. The smallest absolute Gasteiger partial charge is 0.295 e. The van der Waals surface area contributed by atoms with E-state index >= 15 is 0 Å². The second-order valence-corrected chi connectivity index (χ2v) is 7.76. The highest BCUT2D eigenvalue weighted by Crippen LogP contribution is 2.34. The number of benzene rings is 1. The highest BCUT2D eigenvalue weighted by molar-refractivity contribution is 5.97. The summed E-state index contributed by atoms with van der Waals surface area (Å²) in [5.74, 6) is 0.291. The van der Waals surface area contributed by atoms with E-state index in [1.807, 2.05) is 19.1 Å². The Balaban J connectivity index is 1.44. The molecule has 0 aliphatic carbocycles. The van der Waals surface area contributed by atoms with Crippen LogP contribution in [-0.4, -0.2) is 45.2 Å². The Morgan fingerprint density at radius 3 is 2.77 bits per heavy atom. The zero-order chi connectivity index (χ0) is 21.3. The van der Waals surface area contributed by atoms with Gasteiger partial charge in [0.25, 0.3) is 11.6 Å². The highest BCUT2D eigenvalue weighted by atomic mass is 16.6. The van der Waals surface area contributed by atoms with Crippen LogP contribution in [0.5, 0.6) is 0 Å². The van der Waals surface area contributed by atoms with Crippen molar-refractivity contribution >= 4 is 28.2 Å². The van der Waals surface area contributed by atoms with Crippen LogP contribution in [0.2, 0.25) is 0 Å². The van der Waals surface area contributed by atoms with Crippen LogP contribution in [0, 0.1) is 23.0 Å². The van der Waals surface area contributed by atoms with Gasteiger partial charge in [0.1, 0.15) is 0 Å². The fourth-order valence-electron chi connectivity index (χ4n) is 4.00. The van der Waals surface area contributed by atoms with E-state index in [0.717, 1.165) is 42.7 Å². The maximum Gasteiger partial charge on any atom is 0.295 e. The molecule has 3 aromatic rings. The number of amides is 1. The van der Waals surface area contributed by atoms with Crippen LogP contribution in [0.1, 0.15) is 28.9 Å². The number of nitrogens with zero attached hydrogens (tertiary/aromatic N) is 5. The largest absolute Gasteiger partial charge is 0.371 e. The van der Waals surface area contributed by atoms with E-state index in [2.05, 4.69) is 20.3 Å². The molecule has 1 aromatic carbocycles. The normalized spacial score (nSPS) is 14.8. The second-order valence-electron chi connectivity index (χ2n) is 7.76. The van der Waals surface area contributed by atoms with Crippen LogP contribution in [0.4, 0.5) is 11.4 Å². The second kappa shape index (κ2) is 8.10. The predicted octanol–water partition coefficient (Wildman–Crippen LogP) is 2.83. The molecule has 1 saturated heterocycles. The molecule has 0 atom stereocenters. The third-order valence-corrected chi connectivity index (χ3v) is 5.59. The Bertz CT molecular complexity index is 1100. The van der Waals surface area contributed by atoms with E-state index in [4.69, 9.17) is 0 Å². The predicted molar refractivity (Wildman–Crippen MR) is 114 cm³/mol. The first-order valence-electron chi connectivity index (χ1n) is 9.99. The summed E-state index contributed by atoms with van der Waals surface area (Å²) in [5, 5.41) is 19.2. The molecule has 4 rings (SSSR count). The summed E-state index contributed by atoms with van der Waals surface area (Å²) in [5.41, 5.74) is 2.78. The molecule has 9 heteroatoms. The number of hydrogen-bond acceptors (Lipinski definition) is 6. The van der Waals surface area contributed by atoms with Crippen LogP contribution >= 0.6 is 0 Å². The molecular formula is C21H24N6O3. The van der Waals surface area contributed by atoms with Gasteiger partial charge in [-0.05, 0) is 31.7 Å². The lowest BCUT2D eigenvalue weighted by Crippen LogP contribution is -2.38. The van der Waals surface area contributed by atoms with Gasteiger partial charge in [0.2, 0.25) is 0 Å². The molecule has 0 spiro atoms. The third kappa shape index (κ3) is 3.96. The van der Waals surface area contributed by atoms with Crippen LogP contribution in [0.15, 0.2) is 36.7 Å². The van der Waals surface area contributed by atoms with Crippen LogP contribution in [0.25, 0.3) is 10.9 Å². The van der Waals surface area contributed by atoms with E-state index in [0.29, 0.717) is 23.5 Å². The number of aromatic nitrogens is 3. The summed E-state index contributed by atoms with van der Waals surface area (Å²) in [6, 6.07) is 7.10. The van der Waals surface area contributed by atoms with Gasteiger partial charge in [-0.2, -0.15) is 5.10 Å². The van der Waals surface area contributed by atoms with Crippen molar-refractivity contribution in [2.75, 3.05) is 24.5 Å². The molecule has 0 radical (unpaired) electrons. The number of anilines is 1. The van der Waals surface area contributed by atoms with Crippen molar-refractivity contribution in [2.24, 2.45) is 13.0 Å². The number of fused-ring (bicyclic) bond motifs is 1. The number of para-hydroxylation sites is 1. The summed E-state index contributed by atoms with van der Waals surface area (Å²) >= 11 is 0. The number of nitro benzene ring substituents is 1. The minimum absolute atomic E-state index is 0.0328. The topological polar surface area (TPSA) is 106 Å². The van der Waals surface area contributed by atoms with Gasteiger partial charge in [-0.15, -0.1) is 0 Å². The Morgan fingerprint density at radius 1 is 1.33 bits per heavy atom. The quantitative estimate of drug-likeness (QED) is 0.514. The molecular weight excluding hydrogens is 384 g/mol. The van der Waals surface area contributed by atoms with Crippen molar-refractivity contribution < 1.29 is 9.72 Å². The van der Waals surface area contributed by atoms with Crippen LogP contribution in [-0.2, 0) is 7.05 Å². The standard InChI is InChI=1S/C21H24N6O3/c1-14-10-19(17-4-3-5-18(27(29)30)20(17)24-14)26-8-6-15(7-9-26)11-22-21(28)16-12-23-25(2)13-16/h3-5,10,12-13,15H,6-9,11H2,1-2H3,(H,22,28). The van der Waals surface area contributed by atoms with Crippen LogP contribution < -0.4 is 10.2 Å². The van der Waals surface area contributed by atoms with Gasteiger partial charge in [0.05, 0.1) is 16.7 Å². The van der Waals surface area contributed by atoms with Gasteiger partial charge >= 0.3 is 0 Å². The maximum absolute atomic E-state index is 12.2. The van der Waals surface area contributed by atoms with Gasteiger partial charge in [-0.25, -0.2) is 4.98 Å². The minimum Gasteiger partial charge on any atom is -0.371 e. The lowest BCUT2D eigenvalue weighted by Gasteiger charge is -2.34. The molecule has 1 amide bonds. The van der Waals surface area contributed by atoms with Crippen molar-refractivity contribution in [2.45, 2.75) is 19.8 Å². The lowest BCUT2D eigenvalue weighted by molar-refractivity contribution is -0.383. The minimum atomic E-state index is -0.379. The Morgan fingerprint density at radius 2 is 2.10 bits per heavy atom. The lowest BCUT2D eigenvalue weighted by atomic mass is 9.95. The molecule has 9 nitrogen and oxygen atoms in total. The first-order chi connectivity index (χ1) is 14.4. The zero-order valence-electron chi connectivity index (χ0n) is 17.0. The third-order valence-electron chi connectivity index (χ3n) is 5.59. The zero-order valence-corrected chi connectivity index (χ0v) is 17.0. The molecule has 1 aliphatic heterocycles. The molecule has 1 N–H and O–H groups in total. The van der Waals surface area contributed by atoms with Gasteiger partial charge < -0.3 is 10.2 Å². The summed E-state index contributed by atoms with van der Waals surface area (Å²) < 4.78 is 1.61. The molecule has 2 aromatic heterocycles. The van der Waals surface area contributed by atoms with E-state index in [1.54, 1.807) is 30.2 Å². The Hall–Kier alpha value is -3.49. The first-order valence-corrected chi connectivity index (χ1v) is 9.99. The van der Waals surface area contributed by atoms with Gasteiger partial charge in [-0.1, -0.05) is 12.1 Å². The molecule has 30 heavy (non-hydrogen) atoms. The van der Waals surface area contributed by atoms with Gasteiger partial charge in [-0.3, -0.25) is 19.6 Å². The monoisotopic (exact) mass is 408 g/mol. The number of rotatable bonds is 5. The van der Waals surface area contributed by atoms with Gasteiger partial charge in [0.15, 0.2) is 5.52 Å². The van der Waals surface area contributed by atoms with Gasteiger partial charge in [0, 0.05) is 55.7 Å². The maximum atomic E-state index is 12.2. The first kappa shape index (κ1) is 19.8. The van der Waals surface area contributed by atoms with Crippen molar-refractivity contribution in [3.05, 3.63) is 58.0 Å². The van der Waals surface area contributed by atoms with E-state index in [9.17, 15) is 14.9 Å². The van der Waals surface area contributed by atoms with Crippen molar-refractivity contribution in [3.8, 4) is 0 Å². The molecule has 0 bridgehead atoms. The Labute approximate surface area is 173 Å². The molecule has 1 aliphatic rings. The molecule has 3 heterocycles. The SMILES string of the molecule is Cc1cc(N2CCC(CNC(=O)c3cnn(C)c3)CC2)c2cccc([N+](=O)[O-])c2n1. The molecule has 0 saturated carbocycles. The summed E-state index contributed by atoms with van der Waals surface area (Å²) in [4.78, 5) is 29.9. The van der Waals surface area contributed by atoms with E-state index < -0.39 is 0 Å². The van der Waals surface area contributed by atoms with E-state index in [-0.39, 0.29) is 16.5 Å². The summed E-state index contributed by atoms with van der Waals surface area (Å²) in [6.07, 6.45) is 5.14. The summed E-state index contributed by atoms with van der Waals surface area (Å²) in [7, 11) is 1.78. The number of hydrogen-bond donors (Lipinski definition) is 1. The average Bonchev–Trinajstić information content (AvgIpc) is 3.17. The van der Waals surface area contributed by atoms with Crippen molar-refractivity contribution in [1.29, 1.82) is 0 Å².